The van der Waals surface area contributed by atoms with Crippen LogP contribution in [0.5, 0.6) is 5.75 Å². The predicted octanol–water partition coefficient (Wildman–Crippen LogP) is 4.49. The van der Waals surface area contributed by atoms with E-state index in [9.17, 15) is 4.79 Å². The molecule has 0 bridgehead atoms. The number of benzene rings is 1. The first kappa shape index (κ1) is 26.0. The van der Waals surface area contributed by atoms with Crippen molar-refractivity contribution >= 4 is 40.3 Å². The average molecular weight is 487 g/mol. The number of hydrogen-bond acceptors (Lipinski definition) is 7. The lowest BCUT2D eigenvalue weighted by Crippen LogP contribution is -2.19. The van der Waals surface area contributed by atoms with Gasteiger partial charge in [-0.15, -0.1) is 0 Å². The lowest BCUT2D eigenvalue weighted by atomic mass is 9.98. The Morgan fingerprint density at radius 2 is 2.16 bits per heavy atom. The minimum atomic E-state index is -1.46. The SMILES string of the molecule is CC.OCOP1OCc2cc(Cl)ccc2O1.[B][C@@H]1CCC(n2cc(C)c(=O)[nH]c2=S)O1. The van der Waals surface area contributed by atoms with Gasteiger partial charge in [0.15, 0.2) is 11.6 Å². The second-order valence-electron chi connectivity index (χ2n) is 6.28. The monoisotopic (exact) mass is 486 g/mol. The molecular formula is C19H25BClN2O6PS. The number of aryl methyl sites for hydroxylation is 1. The first-order chi connectivity index (χ1) is 14.9. The molecule has 8 nitrogen and oxygen atoms in total. The Morgan fingerprint density at radius 1 is 1.42 bits per heavy atom. The van der Waals surface area contributed by atoms with Crippen molar-refractivity contribution in [1.82, 2.24) is 9.55 Å². The third kappa shape index (κ3) is 7.39. The summed E-state index contributed by atoms with van der Waals surface area (Å²) in [7, 11) is 4.18. The quantitative estimate of drug-likeness (QED) is 0.286. The summed E-state index contributed by atoms with van der Waals surface area (Å²) >= 11 is 10.9. The molecule has 1 fully saturated rings. The fourth-order valence-electron chi connectivity index (χ4n) is 2.74. The molecule has 4 rings (SSSR count). The molecule has 12 heteroatoms. The first-order valence-corrected chi connectivity index (χ1v) is 11.6. The summed E-state index contributed by atoms with van der Waals surface area (Å²) in [5.41, 5.74) is 1.35. The van der Waals surface area contributed by atoms with Gasteiger partial charge in [-0.2, -0.15) is 0 Å². The van der Waals surface area contributed by atoms with Crippen LogP contribution in [0.25, 0.3) is 0 Å². The molecule has 3 heterocycles. The van der Waals surface area contributed by atoms with Crippen LogP contribution in [-0.4, -0.2) is 35.3 Å². The van der Waals surface area contributed by atoms with Crippen LogP contribution in [0.4, 0.5) is 0 Å². The maximum atomic E-state index is 11.3. The van der Waals surface area contributed by atoms with Gasteiger partial charge in [0.25, 0.3) is 5.56 Å². The number of halogens is 1. The number of hydrogen-bond donors (Lipinski definition) is 2. The van der Waals surface area contributed by atoms with Crippen LogP contribution in [0.3, 0.4) is 0 Å². The number of aliphatic hydroxyl groups is 1. The van der Waals surface area contributed by atoms with Crippen LogP contribution >= 0.6 is 32.4 Å². The number of aromatic nitrogens is 2. The Bertz CT molecular complexity index is 975. The van der Waals surface area contributed by atoms with Gasteiger partial charge in [-0.05, 0) is 50.2 Å². The molecule has 168 valence electrons. The maximum absolute atomic E-state index is 11.3. The van der Waals surface area contributed by atoms with E-state index >= 15 is 0 Å². The van der Waals surface area contributed by atoms with E-state index in [2.05, 4.69) is 4.98 Å². The smallest absolute Gasteiger partial charge is 0.399 e. The van der Waals surface area contributed by atoms with Crippen molar-refractivity contribution in [3.8, 4) is 5.75 Å². The van der Waals surface area contributed by atoms with Crippen molar-refractivity contribution < 1.29 is 23.4 Å². The third-order valence-electron chi connectivity index (χ3n) is 4.17. The van der Waals surface area contributed by atoms with Crippen molar-refractivity contribution in [2.24, 2.45) is 0 Å². The molecule has 1 aromatic carbocycles. The highest BCUT2D eigenvalue weighted by molar-refractivity contribution is 7.71. The molecule has 2 aromatic rings. The molecule has 0 spiro atoms. The summed E-state index contributed by atoms with van der Waals surface area (Å²) in [4.78, 5) is 13.9. The summed E-state index contributed by atoms with van der Waals surface area (Å²) in [5.74, 6) is 0.695. The Morgan fingerprint density at radius 3 is 2.81 bits per heavy atom. The highest BCUT2D eigenvalue weighted by Gasteiger charge is 2.24. The van der Waals surface area contributed by atoms with Crippen molar-refractivity contribution in [2.75, 3.05) is 6.79 Å². The zero-order chi connectivity index (χ0) is 23.0. The zero-order valence-corrected chi connectivity index (χ0v) is 20.0. The van der Waals surface area contributed by atoms with Gasteiger partial charge in [0, 0.05) is 28.3 Å². The number of nitrogens with zero attached hydrogens (tertiary/aromatic N) is 1. The molecular weight excluding hydrogens is 462 g/mol. The number of rotatable bonds is 3. The van der Waals surface area contributed by atoms with Crippen molar-refractivity contribution in [3.63, 3.8) is 0 Å². The van der Waals surface area contributed by atoms with Gasteiger partial charge in [0.05, 0.1) is 6.61 Å². The Kier molecular flexibility index (Phi) is 10.6. The Hall–Kier alpha value is -1.26. The van der Waals surface area contributed by atoms with E-state index in [4.69, 9.17) is 55.1 Å². The number of aliphatic hydroxyl groups excluding tert-OH is 1. The molecule has 2 radical (unpaired) electrons. The number of nitrogens with one attached hydrogen (secondary N) is 1. The fraction of sp³-hybridized carbons (Fsp3) is 0.474. The second-order valence-corrected chi connectivity index (χ2v) is 8.25. The minimum absolute atomic E-state index is 0.150. The van der Waals surface area contributed by atoms with Crippen LogP contribution in [-0.2, 0) is 20.4 Å². The molecule has 2 aliphatic heterocycles. The van der Waals surface area contributed by atoms with Crippen molar-refractivity contribution in [3.05, 3.63) is 55.7 Å². The van der Waals surface area contributed by atoms with Gasteiger partial charge in [0.1, 0.15) is 19.8 Å². The van der Waals surface area contributed by atoms with E-state index in [0.29, 0.717) is 27.7 Å². The summed E-state index contributed by atoms with van der Waals surface area (Å²) in [6.07, 6.45) is 3.19. The molecule has 31 heavy (non-hydrogen) atoms. The van der Waals surface area contributed by atoms with Gasteiger partial charge < -0.3 is 14.4 Å². The number of aromatic amines is 1. The molecule has 0 saturated carbocycles. The summed E-state index contributed by atoms with van der Waals surface area (Å²) in [6.45, 7) is 5.72. The molecule has 1 aromatic heterocycles. The van der Waals surface area contributed by atoms with Gasteiger partial charge in [-0.1, -0.05) is 25.4 Å². The van der Waals surface area contributed by atoms with E-state index in [-0.39, 0.29) is 17.8 Å². The first-order valence-electron chi connectivity index (χ1n) is 9.73. The van der Waals surface area contributed by atoms with Crippen molar-refractivity contribution in [1.29, 1.82) is 0 Å². The number of ether oxygens (including phenoxy) is 1. The highest BCUT2D eigenvalue weighted by atomic mass is 35.5. The fourth-order valence-corrected chi connectivity index (χ4v) is 4.05. The largest absolute Gasteiger partial charge is 0.426 e. The van der Waals surface area contributed by atoms with Crippen LogP contribution in [0.1, 0.15) is 44.0 Å². The molecule has 0 amide bonds. The van der Waals surface area contributed by atoms with E-state index in [1.54, 1.807) is 35.9 Å². The average Bonchev–Trinajstić information content (AvgIpc) is 3.19. The lowest BCUT2D eigenvalue weighted by molar-refractivity contribution is 0.0353. The van der Waals surface area contributed by atoms with Crippen molar-refractivity contribution in [2.45, 2.75) is 52.5 Å². The Labute approximate surface area is 193 Å². The topological polar surface area (TPSA) is 94.9 Å². The third-order valence-corrected chi connectivity index (χ3v) is 5.73. The van der Waals surface area contributed by atoms with Gasteiger partial charge in [-0.3, -0.25) is 23.4 Å². The molecule has 2 unspecified atom stereocenters. The zero-order valence-electron chi connectivity index (χ0n) is 17.5. The standard InChI is InChI=1S/C9H11BN2O2S.C8H8ClO4P.C2H6/c1-5-4-12(9(15)11-8(5)13)7-3-2-6(10)14-7;9-7-1-2-8-6(3-7)4-11-14(13-8)12-5-10;1-2/h4,6-7H,2-3H2,1H3,(H,11,13,15);1-3,10H,4-5H2;1-2H3/t6-,7?;;/m0../s1. The highest BCUT2D eigenvalue weighted by Crippen LogP contribution is 2.47. The van der Waals surface area contributed by atoms with Crippen LogP contribution < -0.4 is 10.1 Å². The molecule has 2 N–H and O–H groups in total. The summed E-state index contributed by atoms with van der Waals surface area (Å²) in [6, 6.07) is 5.04. The van der Waals surface area contributed by atoms with Crippen LogP contribution in [0.2, 0.25) is 5.02 Å². The minimum Gasteiger partial charge on any atom is -0.426 e. The Balaban J connectivity index is 0.000000204. The normalized spacial score (nSPS) is 21.6. The molecule has 2 aliphatic rings. The molecule has 1 saturated heterocycles. The maximum Gasteiger partial charge on any atom is 0.399 e. The molecule has 3 atom stereocenters. The predicted molar refractivity (Wildman–Crippen MR) is 123 cm³/mol. The summed E-state index contributed by atoms with van der Waals surface area (Å²) in [5, 5.41) is 9.17. The van der Waals surface area contributed by atoms with Gasteiger partial charge >= 0.3 is 8.60 Å². The van der Waals surface area contributed by atoms with Gasteiger partial charge in [-0.25, -0.2) is 0 Å². The number of fused-ring (bicyclic) bond motifs is 1. The lowest BCUT2D eigenvalue weighted by Gasteiger charge is -2.22. The summed E-state index contributed by atoms with van der Waals surface area (Å²) < 4.78 is 22.9. The van der Waals surface area contributed by atoms with Gasteiger partial charge in [0.2, 0.25) is 0 Å². The molecule has 0 aliphatic carbocycles. The van der Waals surface area contributed by atoms with E-state index in [1.165, 1.54) is 0 Å². The van der Waals surface area contributed by atoms with Crippen LogP contribution in [0, 0.1) is 11.7 Å². The number of H-pyrrole nitrogens is 1. The van der Waals surface area contributed by atoms with E-state index < -0.39 is 15.4 Å². The van der Waals surface area contributed by atoms with E-state index in [0.717, 1.165) is 18.4 Å². The van der Waals surface area contributed by atoms with Crippen LogP contribution in [0.15, 0.2) is 29.2 Å². The van der Waals surface area contributed by atoms with E-state index in [1.807, 2.05) is 13.8 Å². The second kappa shape index (κ2) is 12.7.